The highest BCUT2D eigenvalue weighted by atomic mass is 32.2. The Balaban J connectivity index is 2.13. The van der Waals surface area contributed by atoms with E-state index in [2.05, 4.69) is 5.16 Å². The van der Waals surface area contributed by atoms with Crippen molar-refractivity contribution in [2.75, 3.05) is 19.1 Å². The number of benzene rings is 1. The molecule has 0 bridgehead atoms. The number of fused-ring (bicyclic) bond motifs is 1. The normalized spacial score (nSPS) is 25.9. The maximum Gasteiger partial charge on any atom is 0.179 e. The predicted molar refractivity (Wildman–Crippen MR) is 105 cm³/mol. The fourth-order valence-corrected chi connectivity index (χ4v) is 6.47. The Bertz CT molecular complexity index is 920. The lowest BCUT2D eigenvalue weighted by molar-refractivity contribution is -0.122. The standard InChI is InChI=1S/C19H23NO5S2/c1-11-12(19(22)18-14(21)5-4-6-15(18)26-3)7-8-16-17(11)13(20-25-2)9-10-27(16,23)24/h7-8,15,18H,4-6,9-10H2,1-3H3/b20-13+. The van der Waals surface area contributed by atoms with E-state index in [1.807, 2.05) is 6.26 Å². The number of carbonyl (C=O) groups is 2. The number of nitrogens with zero attached hydrogens (tertiary/aromatic N) is 1. The third-order valence-electron chi connectivity index (χ3n) is 5.34. The van der Waals surface area contributed by atoms with Crippen LogP contribution < -0.4 is 0 Å². The number of ketones is 2. The predicted octanol–water partition coefficient (Wildman–Crippen LogP) is 2.81. The topological polar surface area (TPSA) is 89.9 Å². The molecule has 0 aromatic heterocycles. The first kappa shape index (κ1) is 20.1. The maximum atomic E-state index is 13.3. The molecule has 8 heteroatoms. The number of rotatable bonds is 4. The molecule has 1 aromatic carbocycles. The van der Waals surface area contributed by atoms with Crippen LogP contribution in [0.2, 0.25) is 0 Å². The van der Waals surface area contributed by atoms with Crippen LogP contribution >= 0.6 is 11.8 Å². The molecule has 6 nitrogen and oxygen atoms in total. The molecule has 0 radical (unpaired) electrons. The number of carbonyl (C=O) groups excluding carboxylic acids is 2. The third-order valence-corrected chi connectivity index (χ3v) is 8.21. The fourth-order valence-electron chi connectivity index (χ4n) is 3.98. The zero-order valence-corrected chi connectivity index (χ0v) is 17.3. The van der Waals surface area contributed by atoms with Crippen molar-refractivity contribution in [3.05, 3.63) is 28.8 Å². The van der Waals surface area contributed by atoms with Gasteiger partial charge in [0.25, 0.3) is 0 Å². The van der Waals surface area contributed by atoms with Crippen molar-refractivity contribution in [1.29, 1.82) is 0 Å². The van der Waals surface area contributed by atoms with Gasteiger partial charge in [-0.15, -0.1) is 0 Å². The molecule has 0 spiro atoms. The van der Waals surface area contributed by atoms with Crippen molar-refractivity contribution in [3.8, 4) is 0 Å². The van der Waals surface area contributed by atoms with Crippen LogP contribution in [0.25, 0.3) is 0 Å². The molecule has 0 amide bonds. The highest BCUT2D eigenvalue weighted by molar-refractivity contribution is 7.99. The molecule has 1 aromatic rings. The number of hydrogen-bond acceptors (Lipinski definition) is 7. The summed E-state index contributed by atoms with van der Waals surface area (Å²) in [4.78, 5) is 30.8. The Labute approximate surface area is 163 Å². The van der Waals surface area contributed by atoms with Crippen molar-refractivity contribution in [2.24, 2.45) is 11.1 Å². The largest absolute Gasteiger partial charge is 0.399 e. The number of thioether (sulfide) groups is 1. The zero-order chi connectivity index (χ0) is 19.8. The summed E-state index contributed by atoms with van der Waals surface area (Å²) in [6.45, 7) is 1.72. The van der Waals surface area contributed by atoms with Gasteiger partial charge in [-0.2, -0.15) is 11.8 Å². The van der Waals surface area contributed by atoms with Crippen LogP contribution in [0.15, 0.2) is 22.2 Å². The molecule has 1 aliphatic carbocycles. The lowest BCUT2D eigenvalue weighted by atomic mass is 9.80. The quantitative estimate of drug-likeness (QED) is 0.432. The van der Waals surface area contributed by atoms with E-state index in [9.17, 15) is 18.0 Å². The van der Waals surface area contributed by atoms with Crippen LogP contribution in [0.5, 0.6) is 0 Å². The van der Waals surface area contributed by atoms with Gasteiger partial charge in [0.05, 0.1) is 22.3 Å². The summed E-state index contributed by atoms with van der Waals surface area (Å²) < 4.78 is 24.9. The first-order chi connectivity index (χ1) is 12.8. The van der Waals surface area contributed by atoms with Gasteiger partial charge in [-0.3, -0.25) is 9.59 Å². The molecule has 2 unspecified atom stereocenters. The molecule has 27 heavy (non-hydrogen) atoms. The summed E-state index contributed by atoms with van der Waals surface area (Å²) in [5.74, 6) is -0.960. The van der Waals surface area contributed by atoms with Gasteiger partial charge in [0.15, 0.2) is 15.6 Å². The molecule has 1 heterocycles. The highest BCUT2D eigenvalue weighted by Gasteiger charge is 2.39. The molecule has 0 N–H and O–H groups in total. The summed E-state index contributed by atoms with van der Waals surface area (Å²) in [7, 11) is -2.02. The Kier molecular flexibility index (Phi) is 5.76. The van der Waals surface area contributed by atoms with Crippen LogP contribution in [0.4, 0.5) is 0 Å². The Morgan fingerprint density at radius 2 is 2.04 bits per heavy atom. The van der Waals surface area contributed by atoms with Crippen molar-refractivity contribution in [1.82, 2.24) is 0 Å². The summed E-state index contributed by atoms with van der Waals surface area (Å²) in [5.41, 5.74) is 1.91. The van der Waals surface area contributed by atoms with Crippen LogP contribution in [-0.4, -0.2) is 50.1 Å². The van der Waals surface area contributed by atoms with Gasteiger partial charge in [-0.1, -0.05) is 5.16 Å². The number of oxime groups is 1. The minimum atomic E-state index is -3.43. The van der Waals surface area contributed by atoms with E-state index in [1.54, 1.807) is 24.8 Å². The summed E-state index contributed by atoms with van der Waals surface area (Å²) in [6, 6.07) is 3.01. The molecule has 2 aliphatic rings. The smallest absolute Gasteiger partial charge is 0.179 e. The first-order valence-corrected chi connectivity index (χ1v) is 11.8. The SMILES string of the molecule is CO/N=C1\CCS(=O)(=O)c2ccc(C(=O)C3C(=O)CCCC3SC)c(C)c21. The minimum Gasteiger partial charge on any atom is -0.399 e. The van der Waals surface area contributed by atoms with Gasteiger partial charge in [-0.05, 0) is 43.7 Å². The van der Waals surface area contributed by atoms with E-state index < -0.39 is 15.8 Å². The molecule has 1 saturated carbocycles. The van der Waals surface area contributed by atoms with Crippen LogP contribution in [-0.2, 0) is 19.5 Å². The molecule has 1 aliphatic heterocycles. The maximum absolute atomic E-state index is 13.3. The minimum absolute atomic E-state index is 0.0267. The number of Topliss-reactive ketones (excluding diaryl/α,β-unsaturated/α-hetero) is 2. The van der Waals surface area contributed by atoms with Crippen LogP contribution in [0.1, 0.15) is 47.2 Å². The highest BCUT2D eigenvalue weighted by Crippen LogP contribution is 2.35. The third kappa shape index (κ3) is 3.57. The first-order valence-electron chi connectivity index (χ1n) is 8.88. The Hall–Kier alpha value is -1.67. The van der Waals surface area contributed by atoms with Gasteiger partial charge < -0.3 is 4.84 Å². The second kappa shape index (κ2) is 7.75. The van der Waals surface area contributed by atoms with Gasteiger partial charge in [0.1, 0.15) is 12.9 Å². The van der Waals surface area contributed by atoms with E-state index in [1.165, 1.54) is 13.2 Å². The molecular weight excluding hydrogens is 386 g/mol. The molecule has 1 fully saturated rings. The van der Waals surface area contributed by atoms with Crippen molar-refractivity contribution >= 4 is 38.9 Å². The van der Waals surface area contributed by atoms with Crippen molar-refractivity contribution < 1.29 is 22.8 Å². The monoisotopic (exact) mass is 409 g/mol. The van der Waals surface area contributed by atoms with E-state index in [-0.39, 0.29) is 33.9 Å². The average Bonchev–Trinajstić information content (AvgIpc) is 2.63. The summed E-state index contributed by atoms with van der Waals surface area (Å²) >= 11 is 1.54. The second-order valence-corrected chi connectivity index (χ2v) is 10.0. The fraction of sp³-hybridized carbons (Fsp3) is 0.526. The lowest BCUT2D eigenvalue weighted by Crippen LogP contribution is -2.37. The van der Waals surface area contributed by atoms with Gasteiger partial charge in [0.2, 0.25) is 0 Å². The second-order valence-electron chi connectivity index (χ2n) is 6.88. The molecule has 146 valence electrons. The van der Waals surface area contributed by atoms with Gasteiger partial charge in [0, 0.05) is 29.2 Å². The molecular formula is C19H23NO5S2. The van der Waals surface area contributed by atoms with E-state index >= 15 is 0 Å². The van der Waals surface area contributed by atoms with Crippen LogP contribution in [0, 0.1) is 12.8 Å². The van der Waals surface area contributed by atoms with Crippen molar-refractivity contribution in [3.63, 3.8) is 0 Å². The van der Waals surface area contributed by atoms with Gasteiger partial charge in [-0.25, -0.2) is 8.42 Å². The van der Waals surface area contributed by atoms with Gasteiger partial charge >= 0.3 is 0 Å². The number of hydrogen-bond donors (Lipinski definition) is 0. The zero-order valence-electron chi connectivity index (χ0n) is 15.6. The van der Waals surface area contributed by atoms with E-state index in [0.29, 0.717) is 28.8 Å². The van der Waals surface area contributed by atoms with Crippen LogP contribution in [0.3, 0.4) is 0 Å². The summed E-state index contributed by atoms with van der Waals surface area (Å²) in [5, 5.41) is 3.94. The summed E-state index contributed by atoms with van der Waals surface area (Å²) in [6.07, 6.45) is 4.21. The Morgan fingerprint density at radius 1 is 1.30 bits per heavy atom. The average molecular weight is 410 g/mol. The van der Waals surface area contributed by atoms with E-state index in [4.69, 9.17) is 4.84 Å². The lowest BCUT2D eigenvalue weighted by Gasteiger charge is -2.29. The van der Waals surface area contributed by atoms with E-state index in [0.717, 1.165) is 12.8 Å². The molecule has 0 saturated heterocycles. The van der Waals surface area contributed by atoms with Crippen molar-refractivity contribution in [2.45, 2.75) is 42.8 Å². The molecule has 2 atom stereocenters. The number of sulfone groups is 1. The molecule has 3 rings (SSSR count). The Morgan fingerprint density at radius 3 is 2.70 bits per heavy atom.